The van der Waals surface area contributed by atoms with Crippen molar-refractivity contribution in [2.24, 2.45) is 5.92 Å². The monoisotopic (exact) mass is 202 g/mol. The summed E-state index contributed by atoms with van der Waals surface area (Å²) in [5, 5.41) is 0. The van der Waals surface area contributed by atoms with Crippen LogP contribution < -0.4 is 0 Å². The van der Waals surface area contributed by atoms with Gasteiger partial charge in [0.25, 0.3) is 0 Å². The molecule has 0 amide bonds. The van der Waals surface area contributed by atoms with Crippen molar-refractivity contribution in [2.75, 3.05) is 0 Å². The topological polar surface area (TPSA) is 0 Å². The minimum Gasteiger partial charge on any atom is -0.0950 e. The van der Waals surface area contributed by atoms with Crippen LogP contribution in [0.15, 0.2) is 36.9 Å². The molecule has 0 radical (unpaired) electrons. The lowest BCUT2D eigenvalue weighted by Crippen LogP contribution is -2.02. The van der Waals surface area contributed by atoms with Crippen LogP contribution in [0.25, 0.3) is 5.57 Å². The maximum atomic E-state index is 4.26. The summed E-state index contributed by atoms with van der Waals surface area (Å²) in [7, 11) is 0. The van der Waals surface area contributed by atoms with Crippen LogP contribution in [0.4, 0.5) is 0 Å². The first-order chi connectivity index (χ1) is 7.29. The third kappa shape index (κ3) is 3.54. The molecule has 0 unspecified atom stereocenters. The predicted molar refractivity (Wildman–Crippen MR) is 68.8 cm³/mol. The molecule has 0 bridgehead atoms. The zero-order valence-corrected chi connectivity index (χ0v) is 10.00. The minimum absolute atomic E-state index is 0.669. The molecule has 0 nitrogen and oxygen atoms in total. The molecule has 0 aliphatic carbocycles. The summed E-state index contributed by atoms with van der Waals surface area (Å²) in [4.78, 5) is 0. The highest BCUT2D eigenvalue weighted by molar-refractivity contribution is 5.65. The third-order valence-corrected chi connectivity index (χ3v) is 2.91. The minimum atomic E-state index is 0.669. The van der Waals surface area contributed by atoms with Gasteiger partial charge in [-0.15, -0.1) is 0 Å². The molecule has 0 aromatic heterocycles. The summed E-state index contributed by atoms with van der Waals surface area (Å²) in [6.45, 7) is 8.76. The van der Waals surface area contributed by atoms with E-state index >= 15 is 0 Å². The molecule has 0 aliphatic heterocycles. The van der Waals surface area contributed by atoms with Gasteiger partial charge in [-0.1, -0.05) is 63.6 Å². The third-order valence-electron chi connectivity index (χ3n) is 2.91. The standard InChI is InChI=1S/C15H22/c1-4-9-14(10-5-2)13(3)15-11-7-6-8-12-15/h6-8,11-12,14H,3-5,9-10H2,1-2H3. The first kappa shape index (κ1) is 12.0. The highest BCUT2D eigenvalue weighted by Crippen LogP contribution is 2.28. The van der Waals surface area contributed by atoms with Crippen LogP contribution in [0.2, 0.25) is 0 Å². The maximum Gasteiger partial charge on any atom is -0.0162 e. The van der Waals surface area contributed by atoms with Crippen molar-refractivity contribution in [1.29, 1.82) is 0 Å². The van der Waals surface area contributed by atoms with Gasteiger partial charge in [0.05, 0.1) is 0 Å². The quantitative estimate of drug-likeness (QED) is 0.614. The van der Waals surface area contributed by atoms with Crippen molar-refractivity contribution in [1.82, 2.24) is 0 Å². The van der Waals surface area contributed by atoms with Crippen LogP contribution in [-0.2, 0) is 0 Å². The fraction of sp³-hybridized carbons (Fsp3) is 0.467. The van der Waals surface area contributed by atoms with Crippen molar-refractivity contribution in [3.05, 3.63) is 42.5 Å². The fourth-order valence-corrected chi connectivity index (χ4v) is 2.08. The SMILES string of the molecule is C=C(c1ccccc1)C(CCC)CCC. The Bertz CT molecular complexity index is 278. The summed E-state index contributed by atoms with van der Waals surface area (Å²) in [5.41, 5.74) is 2.63. The van der Waals surface area contributed by atoms with Crippen molar-refractivity contribution < 1.29 is 0 Å². The lowest BCUT2D eigenvalue weighted by atomic mass is 9.87. The average Bonchev–Trinajstić information content (AvgIpc) is 2.29. The summed E-state index contributed by atoms with van der Waals surface area (Å²) >= 11 is 0. The van der Waals surface area contributed by atoms with Gasteiger partial charge in [0.1, 0.15) is 0 Å². The Morgan fingerprint density at radius 2 is 1.60 bits per heavy atom. The Labute approximate surface area is 94.0 Å². The van der Waals surface area contributed by atoms with Crippen LogP contribution in [0.3, 0.4) is 0 Å². The van der Waals surface area contributed by atoms with E-state index in [1.54, 1.807) is 0 Å². The fourth-order valence-electron chi connectivity index (χ4n) is 2.08. The van der Waals surface area contributed by atoms with E-state index in [4.69, 9.17) is 0 Å². The highest BCUT2D eigenvalue weighted by atomic mass is 14.2. The smallest absolute Gasteiger partial charge is 0.0162 e. The molecule has 0 aliphatic rings. The van der Waals surface area contributed by atoms with Crippen LogP contribution >= 0.6 is 0 Å². The van der Waals surface area contributed by atoms with Crippen molar-refractivity contribution in [2.45, 2.75) is 39.5 Å². The number of rotatable bonds is 6. The van der Waals surface area contributed by atoms with Gasteiger partial charge in [0.2, 0.25) is 0 Å². The summed E-state index contributed by atoms with van der Waals surface area (Å²) in [5.74, 6) is 0.669. The van der Waals surface area contributed by atoms with Crippen LogP contribution in [0.1, 0.15) is 45.1 Å². The molecule has 0 saturated carbocycles. The molecule has 0 saturated heterocycles. The van der Waals surface area contributed by atoms with E-state index in [0.717, 1.165) is 0 Å². The molecule has 0 spiro atoms. The van der Waals surface area contributed by atoms with E-state index in [1.807, 2.05) is 0 Å². The van der Waals surface area contributed by atoms with Gasteiger partial charge in [-0.25, -0.2) is 0 Å². The zero-order valence-electron chi connectivity index (χ0n) is 10.00. The lowest BCUT2D eigenvalue weighted by Gasteiger charge is -2.18. The first-order valence-electron chi connectivity index (χ1n) is 6.03. The van der Waals surface area contributed by atoms with E-state index in [1.165, 1.54) is 36.8 Å². The molecule has 0 heteroatoms. The normalized spacial score (nSPS) is 10.6. The van der Waals surface area contributed by atoms with Crippen LogP contribution in [0.5, 0.6) is 0 Å². The molecule has 15 heavy (non-hydrogen) atoms. The van der Waals surface area contributed by atoms with Gasteiger partial charge in [-0.3, -0.25) is 0 Å². The molecular formula is C15H22. The Hall–Kier alpha value is -1.04. The second-order valence-corrected chi connectivity index (χ2v) is 4.17. The lowest BCUT2D eigenvalue weighted by molar-refractivity contribution is 0.544. The van der Waals surface area contributed by atoms with Crippen LogP contribution in [-0.4, -0.2) is 0 Å². The van der Waals surface area contributed by atoms with Gasteiger partial charge >= 0.3 is 0 Å². The van der Waals surface area contributed by atoms with Crippen molar-refractivity contribution >= 4 is 5.57 Å². The Balaban J connectivity index is 2.71. The summed E-state index contributed by atoms with van der Waals surface area (Å²) in [6, 6.07) is 10.6. The predicted octanol–water partition coefficient (Wildman–Crippen LogP) is 4.92. The second-order valence-electron chi connectivity index (χ2n) is 4.17. The molecule has 1 aromatic carbocycles. The Morgan fingerprint density at radius 1 is 1.07 bits per heavy atom. The Morgan fingerprint density at radius 3 is 2.07 bits per heavy atom. The van der Waals surface area contributed by atoms with E-state index in [9.17, 15) is 0 Å². The number of hydrogen-bond donors (Lipinski definition) is 0. The molecular weight excluding hydrogens is 180 g/mol. The van der Waals surface area contributed by atoms with E-state index in [2.05, 4.69) is 50.8 Å². The zero-order chi connectivity index (χ0) is 11.1. The first-order valence-corrected chi connectivity index (χ1v) is 6.03. The molecule has 0 heterocycles. The van der Waals surface area contributed by atoms with Gasteiger partial charge in [-0.2, -0.15) is 0 Å². The molecule has 1 rings (SSSR count). The van der Waals surface area contributed by atoms with E-state index < -0.39 is 0 Å². The molecule has 0 atom stereocenters. The van der Waals surface area contributed by atoms with Crippen molar-refractivity contribution in [3.8, 4) is 0 Å². The Kier molecular flexibility index (Phi) is 5.17. The maximum absolute atomic E-state index is 4.26. The largest absolute Gasteiger partial charge is 0.0950 e. The molecule has 1 aromatic rings. The van der Waals surface area contributed by atoms with Gasteiger partial charge < -0.3 is 0 Å². The number of allylic oxidation sites excluding steroid dienone is 1. The van der Waals surface area contributed by atoms with Gasteiger partial charge in [0.15, 0.2) is 0 Å². The molecule has 0 fully saturated rings. The summed E-state index contributed by atoms with van der Waals surface area (Å²) < 4.78 is 0. The number of benzene rings is 1. The number of hydrogen-bond acceptors (Lipinski definition) is 0. The van der Waals surface area contributed by atoms with E-state index in [-0.39, 0.29) is 0 Å². The molecule has 82 valence electrons. The molecule has 0 N–H and O–H groups in total. The van der Waals surface area contributed by atoms with Gasteiger partial charge in [-0.05, 0) is 29.9 Å². The van der Waals surface area contributed by atoms with Gasteiger partial charge in [0, 0.05) is 0 Å². The highest BCUT2D eigenvalue weighted by Gasteiger charge is 2.11. The second kappa shape index (κ2) is 6.44. The summed E-state index contributed by atoms with van der Waals surface area (Å²) in [6.07, 6.45) is 5.02. The average molecular weight is 202 g/mol. The van der Waals surface area contributed by atoms with E-state index in [0.29, 0.717) is 5.92 Å². The van der Waals surface area contributed by atoms with Crippen molar-refractivity contribution in [3.63, 3.8) is 0 Å². The van der Waals surface area contributed by atoms with Crippen LogP contribution in [0, 0.1) is 5.92 Å².